The zero-order valence-corrected chi connectivity index (χ0v) is 10.6. The quantitative estimate of drug-likeness (QED) is 0.637. The van der Waals surface area contributed by atoms with Crippen molar-refractivity contribution in [1.29, 1.82) is 0 Å². The summed E-state index contributed by atoms with van der Waals surface area (Å²) < 4.78 is 0. The SMILES string of the molecule is CC(=O)CCC1=CC[C@H](C(C)(C)C)CC1. The van der Waals surface area contributed by atoms with Gasteiger partial charge in [0.1, 0.15) is 5.78 Å². The highest BCUT2D eigenvalue weighted by Gasteiger charge is 2.25. The number of rotatable bonds is 3. The molecule has 0 fully saturated rings. The number of carbonyl (C=O) groups is 1. The minimum absolute atomic E-state index is 0.314. The average molecular weight is 208 g/mol. The molecule has 0 bridgehead atoms. The van der Waals surface area contributed by atoms with Gasteiger partial charge >= 0.3 is 0 Å². The van der Waals surface area contributed by atoms with Gasteiger partial charge in [-0.15, -0.1) is 0 Å². The predicted molar refractivity (Wildman–Crippen MR) is 64.8 cm³/mol. The summed E-state index contributed by atoms with van der Waals surface area (Å²) in [5, 5.41) is 0. The van der Waals surface area contributed by atoms with E-state index < -0.39 is 0 Å². The second kappa shape index (κ2) is 4.96. The maximum Gasteiger partial charge on any atom is 0.130 e. The van der Waals surface area contributed by atoms with E-state index in [9.17, 15) is 4.79 Å². The molecule has 0 spiro atoms. The molecule has 1 atom stereocenters. The Labute approximate surface area is 93.9 Å². The Morgan fingerprint density at radius 1 is 1.47 bits per heavy atom. The molecule has 0 aromatic carbocycles. The van der Waals surface area contributed by atoms with Crippen molar-refractivity contribution in [1.82, 2.24) is 0 Å². The van der Waals surface area contributed by atoms with E-state index in [4.69, 9.17) is 0 Å². The van der Waals surface area contributed by atoms with Crippen LogP contribution in [0.3, 0.4) is 0 Å². The van der Waals surface area contributed by atoms with Crippen molar-refractivity contribution in [3.63, 3.8) is 0 Å². The monoisotopic (exact) mass is 208 g/mol. The maximum absolute atomic E-state index is 10.9. The Bertz CT molecular complexity index is 255. The molecule has 0 aromatic heterocycles. The summed E-state index contributed by atoms with van der Waals surface area (Å²) in [6.07, 6.45) is 7.81. The highest BCUT2D eigenvalue weighted by atomic mass is 16.1. The van der Waals surface area contributed by atoms with E-state index in [1.807, 2.05) is 0 Å². The van der Waals surface area contributed by atoms with Gasteiger partial charge in [0.25, 0.3) is 0 Å². The fraction of sp³-hybridized carbons (Fsp3) is 0.786. The molecule has 0 saturated heterocycles. The standard InChI is InChI=1S/C14H24O/c1-11(15)5-6-12-7-9-13(10-8-12)14(2,3)4/h7,13H,5-6,8-10H2,1-4H3/t13-/m0/s1. The Kier molecular flexibility index (Phi) is 4.12. The van der Waals surface area contributed by atoms with Gasteiger partial charge in [0.15, 0.2) is 0 Å². The topological polar surface area (TPSA) is 17.1 Å². The molecule has 1 nitrogen and oxygen atoms in total. The molecule has 1 heteroatoms. The number of Topliss-reactive ketones (excluding diaryl/α,β-unsaturated/α-hetero) is 1. The molecule has 86 valence electrons. The summed E-state index contributed by atoms with van der Waals surface area (Å²) in [6.45, 7) is 8.66. The molecule has 15 heavy (non-hydrogen) atoms. The molecule has 1 aliphatic carbocycles. The number of carbonyl (C=O) groups excluding carboxylic acids is 1. The first-order chi connectivity index (χ1) is 6.89. The molecule has 0 N–H and O–H groups in total. The summed E-state index contributed by atoms with van der Waals surface area (Å²) in [6, 6.07) is 0. The number of allylic oxidation sites excluding steroid dienone is 2. The van der Waals surface area contributed by atoms with Crippen LogP contribution < -0.4 is 0 Å². The number of hydrogen-bond donors (Lipinski definition) is 0. The molecular formula is C14H24O. The van der Waals surface area contributed by atoms with Gasteiger partial charge in [0.2, 0.25) is 0 Å². The van der Waals surface area contributed by atoms with Crippen LogP contribution in [0, 0.1) is 11.3 Å². The van der Waals surface area contributed by atoms with Crippen LogP contribution in [-0.2, 0) is 4.79 Å². The third-order valence-corrected chi connectivity index (χ3v) is 3.53. The lowest BCUT2D eigenvalue weighted by Crippen LogP contribution is -2.22. The van der Waals surface area contributed by atoms with E-state index in [1.54, 1.807) is 6.92 Å². The fourth-order valence-electron chi connectivity index (χ4n) is 2.24. The molecule has 1 rings (SSSR count). The Morgan fingerprint density at radius 2 is 2.13 bits per heavy atom. The second-order valence-corrected chi connectivity index (χ2v) is 5.90. The van der Waals surface area contributed by atoms with Crippen molar-refractivity contribution in [2.75, 3.05) is 0 Å². The first-order valence-electron chi connectivity index (χ1n) is 6.07. The van der Waals surface area contributed by atoms with Gasteiger partial charge in [0, 0.05) is 6.42 Å². The molecule has 0 unspecified atom stereocenters. The Morgan fingerprint density at radius 3 is 2.53 bits per heavy atom. The van der Waals surface area contributed by atoms with Gasteiger partial charge in [-0.1, -0.05) is 32.4 Å². The molecular weight excluding hydrogens is 184 g/mol. The lowest BCUT2D eigenvalue weighted by atomic mass is 9.72. The predicted octanol–water partition coefficient (Wildman–Crippen LogP) is 4.13. The number of ketones is 1. The van der Waals surface area contributed by atoms with Crippen molar-refractivity contribution in [3.8, 4) is 0 Å². The average Bonchev–Trinajstić information content (AvgIpc) is 2.14. The van der Waals surface area contributed by atoms with Gasteiger partial charge in [-0.25, -0.2) is 0 Å². The maximum atomic E-state index is 10.9. The van der Waals surface area contributed by atoms with E-state index in [1.165, 1.54) is 24.8 Å². The minimum atomic E-state index is 0.314. The summed E-state index contributed by atoms with van der Waals surface area (Å²) in [4.78, 5) is 10.9. The van der Waals surface area contributed by atoms with E-state index in [2.05, 4.69) is 26.8 Å². The Hall–Kier alpha value is -0.590. The van der Waals surface area contributed by atoms with Crippen LogP contribution in [0.15, 0.2) is 11.6 Å². The summed E-state index contributed by atoms with van der Waals surface area (Å²) in [5.41, 5.74) is 1.94. The summed E-state index contributed by atoms with van der Waals surface area (Å²) in [5.74, 6) is 1.13. The molecule has 0 amide bonds. The van der Waals surface area contributed by atoms with Crippen LogP contribution in [0.25, 0.3) is 0 Å². The van der Waals surface area contributed by atoms with E-state index in [0.717, 1.165) is 18.8 Å². The molecule has 0 saturated carbocycles. The van der Waals surface area contributed by atoms with Gasteiger partial charge < -0.3 is 4.79 Å². The molecule has 0 aliphatic heterocycles. The Balaban J connectivity index is 2.42. The van der Waals surface area contributed by atoms with Crippen LogP contribution >= 0.6 is 0 Å². The van der Waals surface area contributed by atoms with Gasteiger partial charge in [-0.3, -0.25) is 0 Å². The zero-order valence-electron chi connectivity index (χ0n) is 10.6. The first-order valence-corrected chi connectivity index (χ1v) is 6.07. The molecule has 0 radical (unpaired) electrons. The van der Waals surface area contributed by atoms with Crippen molar-refractivity contribution < 1.29 is 4.79 Å². The smallest absolute Gasteiger partial charge is 0.130 e. The normalized spacial score (nSPS) is 22.4. The van der Waals surface area contributed by atoms with E-state index >= 15 is 0 Å². The minimum Gasteiger partial charge on any atom is -0.300 e. The van der Waals surface area contributed by atoms with E-state index in [-0.39, 0.29) is 0 Å². The summed E-state index contributed by atoms with van der Waals surface area (Å²) >= 11 is 0. The molecule has 1 aliphatic rings. The third kappa shape index (κ3) is 4.19. The van der Waals surface area contributed by atoms with Gasteiger partial charge in [-0.05, 0) is 43.9 Å². The lowest BCUT2D eigenvalue weighted by Gasteiger charge is -2.33. The van der Waals surface area contributed by atoms with Gasteiger partial charge in [0.05, 0.1) is 0 Å². The van der Waals surface area contributed by atoms with Crippen molar-refractivity contribution in [3.05, 3.63) is 11.6 Å². The summed E-state index contributed by atoms with van der Waals surface area (Å²) in [7, 11) is 0. The van der Waals surface area contributed by atoms with Crippen LogP contribution in [0.4, 0.5) is 0 Å². The second-order valence-electron chi connectivity index (χ2n) is 5.90. The third-order valence-electron chi connectivity index (χ3n) is 3.53. The van der Waals surface area contributed by atoms with Crippen molar-refractivity contribution in [2.45, 2.75) is 59.8 Å². The zero-order chi connectivity index (χ0) is 11.5. The molecule has 0 aromatic rings. The first kappa shape index (κ1) is 12.5. The largest absolute Gasteiger partial charge is 0.300 e. The van der Waals surface area contributed by atoms with Gasteiger partial charge in [-0.2, -0.15) is 0 Å². The molecule has 0 heterocycles. The number of hydrogen-bond acceptors (Lipinski definition) is 1. The van der Waals surface area contributed by atoms with Crippen molar-refractivity contribution in [2.24, 2.45) is 11.3 Å². The van der Waals surface area contributed by atoms with E-state index in [0.29, 0.717) is 11.2 Å². The fourth-order valence-corrected chi connectivity index (χ4v) is 2.24. The van der Waals surface area contributed by atoms with Crippen LogP contribution in [0.5, 0.6) is 0 Å². The van der Waals surface area contributed by atoms with Crippen LogP contribution in [0.1, 0.15) is 59.8 Å². The highest BCUT2D eigenvalue weighted by Crippen LogP contribution is 2.37. The lowest BCUT2D eigenvalue weighted by molar-refractivity contribution is -0.116. The van der Waals surface area contributed by atoms with Crippen LogP contribution in [-0.4, -0.2) is 5.78 Å². The highest BCUT2D eigenvalue weighted by molar-refractivity contribution is 5.75. The van der Waals surface area contributed by atoms with Crippen LogP contribution in [0.2, 0.25) is 0 Å². The van der Waals surface area contributed by atoms with Crippen molar-refractivity contribution >= 4 is 5.78 Å².